The van der Waals surface area contributed by atoms with Crippen molar-refractivity contribution in [3.63, 3.8) is 0 Å². The Hall–Kier alpha value is -1.86. The number of nitrogens with zero attached hydrogens (tertiary/aromatic N) is 3. The van der Waals surface area contributed by atoms with Crippen LogP contribution in [0, 0.1) is 11.3 Å². The lowest BCUT2D eigenvalue weighted by Gasteiger charge is -2.14. The van der Waals surface area contributed by atoms with E-state index in [4.69, 9.17) is 5.26 Å². The molecule has 0 fully saturated rings. The lowest BCUT2D eigenvalue weighted by Crippen LogP contribution is -2.08. The molecule has 4 heteroatoms. The minimum absolute atomic E-state index is 0.220. The van der Waals surface area contributed by atoms with Crippen LogP contribution in [0.25, 0.3) is 11.0 Å². The number of benzene rings is 1. The third kappa shape index (κ3) is 1.90. The van der Waals surface area contributed by atoms with E-state index in [0.717, 1.165) is 11.0 Å². The Kier molecular flexibility index (Phi) is 2.86. The highest BCUT2D eigenvalue weighted by molar-refractivity contribution is 5.78. The fourth-order valence-electron chi connectivity index (χ4n) is 2.02. The Morgan fingerprint density at radius 1 is 1.35 bits per heavy atom. The maximum Gasteiger partial charge on any atom is 0.138 e. The number of aliphatic hydroxyl groups excluding tert-OH is 1. The number of imidazole rings is 1. The summed E-state index contributed by atoms with van der Waals surface area (Å²) >= 11 is 0. The standard InChI is InChI=1S/C13H15N3O/c1-8(2)16-12-5-4-10(7-14)6-11(12)15-13(16)9(3)17/h4-6,8-9,17H,1-3H3/t9-/m0/s1. The van der Waals surface area contributed by atoms with Crippen LogP contribution in [0.4, 0.5) is 0 Å². The highest BCUT2D eigenvalue weighted by atomic mass is 16.3. The summed E-state index contributed by atoms with van der Waals surface area (Å²) in [7, 11) is 0. The quantitative estimate of drug-likeness (QED) is 0.860. The number of fused-ring (bicyclic) bond motifs is 1. The van der Waals surface area contributed by atoms with Crippen LogP contribution < -0.4 is 0 Å². The molecule has 0 aliphatic rings. The lowest BCUT2D eigenvalue weighted by molar-refractivity contribution is 0.182. The van der Waals surface area contributed by atoms with Gasteiger partial charge in [-0.1, -0.05) is 0 Å². The maximum atomic E-state index is 9.73. The van der Waals surface area contributed by atoms with E-state index in [9.17, 15) is 5.11 Å². The summed E-state index contributed by atoms with van der Waals surface area (Å²) < 4.78 is 2.00. The molecule has 4 nitrogen and oxygen atoms in total. The van der Waals surface area contributed by atoms with E-state index in [0.29, 0.717) is 11.4 Å². The number of hydrogen-bond donors (Lipinski definition) is 1. The van der Waals surface area contributed by atoms with Crippen molar-refractivity contribution in [2.24, 2.45) is 0 Å². The second-order valence-corrected chi connectivity index (χ2v) is 4.43. The second kappa shape index (κ2) is 4.19. The third-order valence-electron chi connectivity index (χ3n) is 2.74. The van der Waals surface area contributed by atoms with Gasteiger partial charge in [-0.2, -0.15) is 5.26 Å². The monoisotopic (exact) mass is 229 g/mol. The molecule has 1 N–H and O–H groups in total. The molecule has 0 aliphatic carbocycles. The van der Waals surface area contributed by atoms with Crippen LogP contribution in [0.15, 0.2) is 18.2 Å². The Morgan fingerprint density at radius 2 is 2.06 bits per heavy atom. The Labute approximate surface area is 100 Å². The van der Waals surface area contributed by atoms with Gasteiger partial charge in [0.15, 0.2) is 0 Å². The van der Waals surface area contributed by atoms with Crippen molar-refractivity contribution in [3.05, 3.63) is 29.6 Å². The van der Waals surface area contributed by atoms with Gasteiger partial charge in [-0.05, 0) is 39.0 Å². The van der Waals surface area contributed by atoms with Gasteiger partial charge in [-0.25, -0.2) is 4.98 Å². The SMILES string of the molecule is CC(C)n1c([C@H](C)O)nc2cc(C#N)ccc21. The second-order valence-electron chi connectivity index (χ2n) is 4.43. The molecule has 0 saturated carbocycles. The highest BCUT2D eigenvalue weighted by Gasteiger charge is 2.16. The fraction of sp³-hybridized carbons (Fsp3) is 0.385. The van der Waals surface area contributed by atoms with Crippen molar-refractivity contribution in [1.82, 2.24) is 9.55 Å². The molecular weight excluding hydrogens is 214 g/mol. The van der Waals surface area contributed by atoms with Crippen LogP contribution in [0.3, 0.4) is 0 Å². The molecule has 1 aromatic heterocycles. The van der Waals surface area contributed by atoms with Gasteiger partial charge in [0.1, 0.15) is 11.9 Å². The molecule has 0 unspecified atom stereocenters. The van der Waals surface area contributed by atoms with Gasteiger partial charge < -0.3 is 9.67 Å². The summed E-state index contributed by atoms with van der Waals surface area (Å²) in [5.41, 5.74) is 2.30. The van der Waals surface area contributed by atoms with Crippen LogP contribution in [0.5, 0.6) is 0 Å². The predicted octanol–water partition coefficient (Wildman–Crippen LogP) is 2.54. The zero-order valence-corrected chi connectivity index (χ0v) is 10.2. The first-order valence-corrected chi connectivity index (χ1v) is 5.64. The number of hydrogen-bond acceptors (Lipinski definition) is 3. The minimum atomic E-state index is -0.615. The van der Waals surface area contributed by atoms with E-state index in [-0.39, 0.29) is 6.04 Å². The average Bonchev–Trinajstić information content (AvgIpc) is 2.66. The molecule has 0 bridgehead atoms. The van der Waals surface area contributed by atoms with Crippen LogP contribution >= 0.6 is 0 Å². The number of aromatic nitrogens is 2. The van der Waals surface area contributed by atoms with Crippen molar-refractivity contribution < 1.29 is 5.11 Å². The van der Waals surface area contributed by atoms with Gasteiger partial charge in [0.05, 0.1) is 22.7 Å². The average molecular weight is 229 g/mol. The molecule has 2 aromatic rings. The summed E-state index contributed by atoms with van der Waals surface area (Å²) in [5.74, 6) is 0.644. The molecule has 17 heavy (non-hydrogen) atoms. The van der Waals surface area contributed by atoms with E-state index < -0.39 is 6.10 Å². The predicted molar refractivity (Wildman–Crippen MR) is 65.5 cm³/mol. The fourth-order valence-corrected chi connectivity index (χ4v) is 2.02. The summed E-state index contributed by atoms with van der Waals surface area (Å²) in [4.78, 5) is 4.40. The Balaban J connectivity index is 2.75. The van der Waals surface area contributed by atoms with Crippen LogP contribution in [-0.4, -0.2) is 14.7 Å². The molecule has 88 valence electrons. The summed E-state index contributed by atoms with van der Waals surface area (Å²) in [5, 5.41) is 18.6. The maximum absolute atomic E-state index is 9.73. The zero-order chi connectivity index (χ0) is 12.6. The smallest absolute Gasteiger partial charge is 0.138 e. The minimum Gasteiger partial charge on any atom is -0.385 e. The molecule has 2 rings (SSSR count). The van der Waals surface area contributed by atoms with E-state index in [1.165, 1.54) is 0 Å². The molecule has 1 atom stereocenters. The van der Waals surface area contributed by atoms with Gasteiger partial charge >= 0.3 is 0 Å². The van der Waals surface area contributed by atoms with Crippen molar-refractivity contribution in [2.75, 3.05) is 0 Å². The number of rotatable bonds is 2. The normalized spacial score (nSPS) is 12.9. The van der Waals surface area contributed by atoms with Gasteiger partial charge in [-0.15, -0.1) is 0 Å². The molecule has 0 spiro atoms. The van der Waals surface area contributed by atoms with E-state index in [1.54, 1.807) is 19.1 Å². The first-order chi connectivity index (χ1) is 8.04. The largest absolute Gasteiger partial charge is 0.385 e. The topological polar surface area (TPSA) is 61.8 Å². The third-order valence-corrected chi connectivity index (χ3v) is 2.74. The summed E-state index contributed by atoms with van der Waals surface area (Å²) in [6.07, 6.45) is -0.615. The molecule has 1 heterocycles. The van der Waals surface area contributed by atoms with Crippen molar-refractivity contribution in [3.8, 4) is 6.07 Å². The van der Waals surface area contributed by atoms with Gasteiger partial charge in [0.2, 0.25) is 0 Å². The molecule has 1 aromatic carbocycles. The van der Waals surface area contributed by atoms with Crippen LogP contribution in [0.2, 0.25) is 0 Å². The zero-order valence-electron chi connectivity index (χ0n) is 10.2. The van der Waals surface area contributed by atoms with Crippen LogP contribution in [-0.2, 0) is 0 Å². The lowest BCUT2D eigenvalue weighted by atomic mass is 10.2. The van der Waals surface area contributed by atoms with E-state index >= 15 is 0 Å². The Bertz CT molecular complexity index is 590. The molecule has 0 saturated heterocycles. The molecule has 0 radical (unpaired) electrons. The Morgan fingerprint density at radius 3 is 2.59 bits per heavy atom. The number of nitriles is 1. The van der Waals surface area contributed by atoms with E-state index in [1.807, 2.05) is 24.5 Å². The van der Waals surface area contributed by atoms with Gasteiger partial charge in [-0.3, -0.25) is 0 Å². The molecule has 0 aliphatic heterocycles. The van der Waals surface area contributed by atoms with E-state index in [2.05, 4.69) is 11.1 Å². The van der Waals surface area contributed by atoms with Crippen molar-refractivity contribution >= 4 is 11.0 Å². The van der Waals surface area contributed by atoms with Crippen molar-refractivity contribution in [1.29, 1.82) is 5.26 Å². The number of aliphatic hydroxyl groups is 1. The molecule has 0 amide bonds. The highest BCUT2D eigenvalue weighted by Crippen LogP contribution is 2.25. The van der Waals surface area contributed by atoms with Gasteiger partial charge in [0.25, 0.3) is 0 Å². The van der Waals surface area contributed by atoms with Crippen LogP contribution in [0.1, 0.15) is 44.3 Å². The van der Waals surface area contributed by atoms with Crippen molar-refractivity contribution in [2.45, 2.75) is 32.9 Å². The first-order valence-electron chi connectivity index (χ1n) is 5.64. The summed E-state index contributed by atoms with van der Waals surface area (Å²) in [6.45, 7) is 5.79. The first kappa shape index (κ1) is 11.6. The van der Waals surface area contributed by atoms with Gasteiger partial charge in [0, 0.05) is 6.04 Å². The summed E-state index contributed by atoms with van der Waals surface area (Å²) in [6, 6.07) is 7.72. The molecular formula is C13H15N3O.